The van der Waals surface area contributed by atoms with Crippen LogP contribution in [0.1, 0.15) is 44.1 Å². The molecule has 1 aliphatic heterocycles. The third-order valence-electron chi connectivity index (χ3n) is 4.44. The molecule has 20 heavy (non-hydrogen) atoms. The van der Waals surface area contributed by atoms with Crippen LogP contribution in [0.15, 0.2) is 28.7 Å². The summed E-state index contributed by atoms with van der Waals surface area (Å²) in [5, 5.41) is 9.76. The predicted molar refractivity (Wildman–Crippen MR) is 88.0 cm³/mol. The van der Waals surface area contributed by atoms with Crippen LogP contribution in [0.3, 0.4) is 0 Å². The van der Waals surface area contributed by atoms with E-state index in [1.807, 2.05) is 0 Å². The third kappa shape index (κ3) is 4.06. The molecule has 2 nitrogen and oxygen atoms in total. The topological polar surface area (TPSA) is 23.5 Å². The molecule has 0 spiro atoms. The summed E-state index contributed by atoms with van der Waals surface area (Å²) in [4.78, 5) is 2.53. The van der Waals surface area contributed by atoms with Crippen LogP contribution >= 0.6 is 15.9 Å². The van der Waals surface area contributed by atoms with Gasteiger partial charge in [-0.15, -0.1) is 0 Å². The van der Waals surface area contributed by atoms with Crippen molar-refractivity contribution in [2.45, 2.75) is 38.5 Å². The number of hydrogen-bond donors (Lipinski definition) is 1. The molecule has 0 aliphatic carbocycles. The van der Waals surface area contributed by atoms with Crippen molar-refractivity contribution in [3.8, 4) is 0 Å². The minimum Gasteiger partial charge on any atom is -0.396 e. The molecule has 0 amide bonds. The number of aliphatic hydroxyl groups is 1. The fourth-order valence-corrected chi connectivity index (χ4v) is 3.85. The molecule has 0 bridgehead atoms. The minimum atomic E-state index is 0.288. The van der Waals surface area contributed by atoms with Crippen molar-refractivity contribution >= 4 is 15.9 Å². The first-order valence-electron chi connectivity index (χ1n) is 7.84. The molecular formula is C17H26BrNO. The van der Waals surface area contributed by atoms with Crippen molar-refractivity contribution in [2.75, 3.05) is 26.2 Å². The average molecular weight is 340 g/mol. The highest BCUT2D eigenvalue weighted by atomic mass is 79.9. The summed E-state index contributed by atoms with van der Waals surface area (Å²) in [5.41, 5.74) is 1.36. The summed E-state index contributed by atoms with van der Waals surface area (Å²) < 4.78 is 1.18. The van der Waals surface area contributed by atoms with Crippen LogP contribution in [-0.2, 0) is 0 Å². The summed E-state index contributed by atoms with van der Waals surface area (Å²) in [6.45, 7) is 5.91. The van der Waals surface area contributed by atoms with Gasteiger partial charge in [0.1, 0.15) is 0 Å². The highest BCUT2D eigenvalue weighted by Gasteiger charge is 2.30. The maximum Gasteiger partial charge on any atom is 0.0477 e. The van der Waals surface area contributed by atoms with E-state index in [9.17, 15) is 5.11 Å². The van der Waals surface area contributed by atoms with Gasteiger partial charge in [-0.05, 0) is 43.5 Å². The number of nitrogens with zero attached hydrogens (tertiary/aromatic N) is 1. The third-order valence-corrected chi connectivity index (χ3v) is 5.16. The van der Waals surface area contributed by atoms with E-state index in [1.54, 1.807) is 0 Å². The molecule has 1 aromatic rings. The Hall–Kier alpha value is -0.380. The lowest BCUT2D eigenvalue weighted by molar-refractivity contribution is 0.100. The van der Waals surface area contributed by atoms with Crippen LogP contribution in [0.4, 0.5) is 0 Å². The summed E-state index contributed by atoms with van der Waals surface area (Å²) in [7, 11) is 0. The Morgan fingerprint density at radius 2 is 2.10 bits per heavy atom. The van der Waals surface area contributed by atoms with Gasteiger partial charge >= 0.3 is 0 Å². The number of rotatable bonds is 6. The van der Waals surface area contributed by atoms with Gasteiger partial charge in [0, 0.05) is 23.5 Å². The molecular weight excluding hydrogens is 314 g/mol. The summed E-state index contributed by atoms with van der Waals surface area (Å²) in [6, 6.07) is 8.46. The molecule has 2 atom stereocenters. The Balaban J connectivity index is 1.98. The second-order valence-corrected chi connectivity index (χ2v) is 6.72. The van der Waals surface area contributed by atoms with E-state index in [2.05, 4.69) is 52.0 Å². The Morgan fingerprint density at radius 3 is 2.80 bits per heavy atom. The van der Waals surface area contributed by atoms with E-state index >= 15 is 0 Å². The van der Waals surface area contributed by atoms with E-state index in [0.29, 0.717) is 11.8 Å². The fraction of sp³-hybridized carbons (Fsp3) is 0.647. The van der Waals surface area contributed by atoms with Crippen molar-refractivity contribution in [3.63, 3.8) is 0 Å². The molecule has 1 N–H and O–H groups in total. The van der Waals surface area contributed by atoms with E-state index in [4.69, 9.17) is 0 Å². The van der Waals surface area contributed by atoms with Crippen molar-refractivity contribution in [2.24, 2.45) is 5.92 Å². The zero-order valence-electron chi connectivity index (χ0n) is 12.4. The van der Waals surface area contributed by atoms with E-state index in [0.717, 1.165) is 19.5 Å². The summed E-state index contributed by atoms with van der Waals surface area (Å²) >= 11 is 3.66. The normalized spacial score (nSPS) is 23.9. The lowest BCUT2D eigenvalue weighted by Gasteiger charge is -2.38. The largest absolute Gasteiger partial charge is 0.396 e. The van der Waals surface area contributed by atoms with E-state index < -0.39 is 0 Å². The number of benzene rings is 1. The molecule has 1 saturated heterocycles. The number of unbranched alkanes of at least 4 members (excludes halogenated alkanes) is 2. The van der Waals surface area contributed by atoms with Crippen molar-refractivity contribution in [1.82, 2.24) is 4.90 Å². The van der Waals surface area contributed by atoms with Gasteiger partial charge in [0.2, 0.25) is 0 Å². The number of hydrogen-bond acceptors (Lipinski definition) is 2. The highest BCUT2D eigenvalue weighted by Crippen LogP contribution is 2.36. The van der Waals surface area contributed by atoms with Gasteiger partial charge < -0.3 is 10.0 Å². The maximum absolute atomic E-state index is 9.76. The maximum atomic E-state index is 9.76. The van der Waals surface area contributed by atoms with Crippen LogP contribution in [0.25, 0.3) is 0 Å². The number of aliphatic hydroxyl groups excluding tert-OH is 1. The second kappa shape index (κ2) is 8.16. The standard InChI is InChI=1S/C17H26BrNO/c1-2-3-6-10-19-11-9-15(14(12-19)13-20)16-7-4-5-8-17(16)18/h4-5,7-8,14-15,20H,2-3,6,9-13H2,1H3/t14-,15+/m0/s1. The minimum absolute atomic E-state index is 0.288. The molecule has 0 unspecified atom stereocenters. The van der Waals surface area contributed by atoms with Crippen molar-refractivity contribution in [1.29, 1.82) is 0 Å². The molecule has 2 rings (SSSR count). The Labute approximate surface area is 131 Å². The molecule has 112 valence electrons. The predicted octanol–water partition coefficient (Wildman–Crippen LogP) is 4.04. The molecule has 1 aliphatic rings. The SMILES string of the molecule is CCCCCN1CC[C@@H](c2ccccc2Br)[C@H](CO)C1. The molecule has 0 radical (unpaired) electrons. The first-order valence-corrected chi connectivity index (χ1v) is 8.63. The Bertz CT molecular complexity index is 410. The number of piperidine rings is 1. The highest BCUT2D eigenvalue weighted by molar-refractivity contribution is 9.10. The lowest BCUT2D eigenvalue weighted by atomic mass is 9.81. The van der Waals surface area contributed by atoms with Gasteiger partial charge in [-0.3, -0.25) is 0 Å². The molecule has 0 aromatic heterocycles. The monoisotopic (exact) mass is 339 g/mol. The zero-order chi connectivity index (χ0) is 14.4. The second-order valence-electron chi connectivity index (χ2n) is 5.87. The van der Waals surface area contributed by atoms with Crippen LogP contribution in [0.5, 0.6) is 0 Å². The number of likely N-dealkylation sites (tertiary alicyclic amines) is 1. The molecule has 3 heteroatoms. The zero-order valence-corrected chi connectivity index (χ0v) is 14.0. The molecule has 1 fully saturated rings. The van der Waals surface area contributed by atoms with Crippen LogP contribution < -0.4 is 0 Å². The van der Waals surface area contributed by atoms with Gasteiger partial charge in [0.05, 0.1) is 0 Å². The molecule has 1 aromatic carbocycles. The summed E-state index contributed by atoms with van der Waals surface area (Å²) in [6.07, 6.45) is 5.03. The van der Waals surface area contributed by atoms with Gasteiger partial charge in [-0.1, -0.05) is 53.9 Å². The quantitative estimate of drug-likeness (QED) is 0.790. The Kier molecular flexibility index (Phi) is 6.53. The first-order chi connectivity index (χ1) is 9.76. The first kappa shape index (κ1) is 16.0. The van der Waals surface area contributed by atoms with Gasteiger partial charge in [-0.25, -0.2) is 0 Å². The van der Waals surface area contributed by atoms with E-state index in [-0.39, 0.29) is 6.61 Å². The van der Waals surface area contributed by atoms with Crippen LogP contribution in [-0.4, -0.2) is 36.2 Å². The van der Waals surface area contributed by atoms with Gasteiger partial charge in [0.25, 0.3) is 0 Å². The average Bonchev–Trinajstić information content (AvgIpc) is 2.48. The van der Waals surface area contributed by atoms with E-state index in [1.165, 1.54) is 35.8 Å². The molecule has 1 heterocycles. The van der Waals surface area contributed by atoms with Crippen LogP contribution in [0.2, 0.25) is 0 Å². The summed E-state index contributed by atoms with van der Waals surface area (Å²) in [5.74, 6) is 0.849. The number of halogens is 1. The van der Waals surface area contributed by atoms with Crippen LogP contribution in [0, 0.1) is 5.92 Å². The van der Waals surface area contributed by atoms with Gasteiger partial charge in [0.15, 0.2) is 0 Å². The van der Waals surface area contributed by atoms with Crippen molar-refractivity contribution in [3.05, 3.63) is 34.3 Å². The van der Waals surface area contributed by atoms with Gasteiger partial charge in [-0.2, -0.15) is 0 Å². The Morgan fingerprint density at radius 1 is 1.30 bits per heavy atom. The fourth-order valence-electron chi connectivity index (χ4n) is 3.27. The lowest BCUT2D eigenvalue weighted by Crippen LogP contribution is -2.41. The van der Waals surface area contributed by atoms with Crippen molar-refractivity contribution < 1.29 is 5.11 Å². The molecule has 0 saturated carbocycles. The smallest absolute Gasteiger partial charge is 0.0477 e.